The van der Waals surface area contributed by atoms with Crippen molar-refractivity contribution in [2.45, 2.75) is 129 Å². The Hall–Kier alpha value is -3.39. The molecule has 6 rings (SSSR count). The largest absolute Gasteiger partial charge is 0.444 e. The summed E-state index contributed by atoms with van der Waals surface area (Å²) in [6.45, 7) is 17.2. The molecular formula is C36H52ClN7O5Si. The van der Waals surface area contributed by atoms with Gasteiger partial charge in [0.05, 0.1) is 28.1 Å². The van der Waals surface area contributed by atoms with E-state index in [0.29, 0.717) is 51.8 Å². The minimum absolute atomic E-state index is 0.0144. The molecule has 2 N–H and O–H groups in total. The standard InChI is InChI=1S/C36H52ClN7O5Si/c1-35(2,3)49-34(46)38-22-16-23-10-11-24(17-22)44(23)33-39-31-29(32(45)41(33)6)26(18-42(31)21-48-14-15-50(7,8)9)25-12-13-28-27(30(25)37)19-43(40-28)20-36(4,5)47/h12-13,18-19,22-24,47H,10-11,14-17,20-21H2,1-9H3,(H,38,46)/t22?,23-,24+. The maximum absolute atomic E-state index is 14.5. The third kappa shape index (κ3) is 7.75. The van der Waals surface area contributed by atoms with Crippen LogP contribution in [0.3, 0.4) is 0 Å². The molecule has 1 unspecified atom stereocenters. The number of amides is 1. The molecular weight excluding hydrogens is 674 g/mol. The summed E-state index contributed by atoms with van der Waals surface area (Å²) >= 11 is 7.10. The number of anilines is 1. The predicted octanol–water partition coefficient (Wildman–Crippen LogP) is 6.51. The second-order valence-corrected chi connectivity index (χ2v) is 22.9. The molecule has 272 valence electrons. The average molecular weight is 726 g/mol. The molecule has 3 atom stereocenters. The number of hydrogen-bond donors (Lipinski definition) is 2. The number of hydrogen-bond acceptors (Lipinski definition) is 8. The van der Waals surface area contributed by atoms with E-state index in [9.17, 15) is 14.7 Å². The Kier molecular flexibility index (Phi) is 9.68. The second-order valence-electron chi connectivity index (χ2n) is 16.9. The monoisotopic (exact) mass is 725 g/mol. The molecule has 0 radical (unpaired) electrons. The Balaban J connectivity index is 1.38. The summed E-state index contributed by atoms with van der Waals surface area (Å²) in [5.41, 5.74) is 0.959. The van der Waals surface area contributed by atoms with E-state index in [1.165, 1.54) is 0 Å². The van der Waals surface area contributed by atoms with Gasteiger partial charge in [0.15, 0.2) is 5.65 Å². The van der Waals surface area contributed by atoms with Crippen molar-refractivity contribution < 1.29 is 19.4 Å². The van der Waals surface area contributed by atoms with Crippen LogP contribution in [0.2, 0.25) is 30.7 Å². The number of aromatic nitrogens is 5. The predicted molar refractivity (Wildman–Crippen MR) is 201 cm³/mol. The number of ether oxygens (including phenoxy) is 2. The lowest BCUT2D eigenvalue weighted by Gasteiger charge is -2.40. The molecule has 2 aliphatic rings. The Bertz CT molecular complexity index is 1950. The van der Waals surface area contributed by atoms with Crippen LogP contribution in [-0.4, -0.2) is 79.1 Å². The van der Waals surface area contributed by atoms with Crippen molar-refractivity contribution in [3.05, 3.63) is 39.9 Å². The van der Waals surface area contributed by atoms with Crippen molar-refractivity contribution in [1.29, 1.82) is 0 Å². The average Bonchev–Trinajstić information content (AvgIpc) is 3.62. The fourth-order valence-corrected chi connectivity index (χ4v) is 8.34. The van der Waals surface area contributed by atoms with E-state index in [-0.39, 0.29) is 30.4 Å². The Labute approximate surface area is 299 Å². The Morgan fingerprint density at radius 3 is 2.38 bits per heavy atom. The normalized spacial score (nSPS) is 19.9. The first-order valence-corrected chi connectivity index (χ1v) is 21.7. The number of carbonyl (C=O) groups is 1. The van der Waals surface area contributed by atoms with Gasteiger partial charge in [-0.25, -0.2) is 4.79 Å². The minimum atomic E-state index is -1.31. The van der Waals surface area contributed by atoms with E-state index in [0.717, 1.165) is 37.1 Å². The summed E-state index contributed by atoms with van der Waals surface area (Å²) in [6, 6.07) is 5.04. The smallest absolute Gasteiger partial charge is 0.407 e. The molecule has 2 aliphatic heterocycles. The van der Waals surface area contributed by atoms with Gasteiger partial charge in [-0.2, -0.15) is 10.1 Å². The van der Waals surface area contributed by atoms with Gasteiger partial charge in [-0.05, 0) is 72.4 Å². The van der Waals surface area contributed by atoms with Crippen LogP contribution in [0.25, 0.3) is 33.1 Å². The van der Waals surface area contributed by atoms with Crippen molar-refractivity contribution >= 4 is 53.7 Å². The maximum Gasteiger partial charge on any atom is 0.407 e. The molecule has 0 saturated carbocycles. The number of benzene rings is 1. The number of rotatable bonds is 10. The van der Waals surface area contributed by atoms with E-state index in [1.807, 2.05) is 49.9 Å². The van der Waals surface area contributed by atoms with E-state index in [2.05, 4.69) is 35.0 Å². The quantitative estimate of drug-likeness (QED) is 0.140. The maximum atomic E-state index is 14.5. The summed E-state index contributed by atoms with van der Waals surface area (Å²) in [4.78, 5) is 34.6. The number of fused-ring (bicyclic) bond motifs is 4. The molecule has 5 heterocycles. The molecule has 50 heavy (non-hydrogen) atoms. The highest BCUT2D eigenvalue weighted by Crippen LogP contribution is 2.41. The molecule has 0 spiro atoms. The number of carbonyl (C=O) groups excluding carboxylic acids is 1. The summed E-state index contributed by atoms with van der Waals surface area (Å²) in [5.74, 6) is 0.619. The molecule has 2 bridgehead atoms. The van der Waals surface area contributed by atoms with Crippen molar-refractivity contribution in [3.8, 4) is 11.1 Å². The number of halogens is 1. The molecule has 0 aliphatic carbocycles. The van der Waals surface area contributed by atoms with Gasteiger partial charge < -0.3 is 29.4 Å². The highest BCUT2D eigenvalue weighted by Gasteiger charge is 2.43. The summed E-state index contributed by atoms with van der Waals surface area (Å²) in [7, 11) is 0.471. The molecule has 1 amide bonds. The second kappa shape index (κ2) is 13.3. The first kappa shape index (κ1) is 36.4. The number of piperidine rings is 1. The summed E-state index contributed by atoms with van der Waals surface area (Å²) in [6.07, 6.45) is 6.75. The zero-order valence-corrected chi connectivity index (χ0v) is 32.6. The molecule has 12 nitrogen and oxygen atoms in total. The highest BCUT2D eigenvalue weighted by molar-refractivity contribution is 6.76. The van der Waals surface area contributed by atoms with Crippen LogP contribution in [0.4, 0.5) is 10.7 Å². The van der Waals surface area contributed by atoms with Crippen LogP contribution in [0.15, 0.2) is 29.3 Å². The van der Waals surface area contributed by atoms with Crippen molar-refractivity contribution in [2.75, 3.05) is 11.5 Å². The molecule has 14 heteroatoms. The van der Waals surface area contributed by atoms with Crippen molar-refractivity contribution in [2.24, 2.45) is 7.05 Å². The van der Waals surface area contributed by atoms with Gasteiger partial charge in [0.25, 0.3) is 5.56 Å². The Morgan fingerprint density at radius 1 is 1.08 bits per heavy atom. The topological polar surface area (TPSA) is 129 Å². The van der Waals surface area contributed by atoms with Crippen LogP contribution in [0, 0.1) is 0 Å². The number of nitrogens with one attached hydrogen (secondary N) is 1. The summed E-state index contributed by atoms with van der Waals surface area (Å²) < 4.78 is 17.0. The van der Waals surface area contributed by atoms with E-state index in [4.69, 9.17) is 26.1 Å². The van der Waals surface area contributed by atoms with Crippen molar-refractivity contribution in [3.63, 3.8) is 0 Å². The lowest BCUT2D eigenvalue weighted by atomic mass is 9.98. The lowest BCUT2D eigenvalue weighted by Crippen LogP contribution is -2.52. The van der Waals surface area contributed by atoms with Gasteiger partial charge in [-0.1, -0.05) is 37.3 Å². The lowest BCUT2D eigenvalue weighted by molar-refractivity contribution is 0.0491. The minimum Gasteiger partial charge on any atom is -0.444 e. The van der Waals surface area contributed by atoms with E-state index < -0.39 is 25.4 Å². The van der Waals surface area contributed by atoms with Crippen LogP contribution in [0.5, 0.6) is 0 Å². The highest BCUT2D eigenvalue weighted by atomic mass is 35.5. The zero-order valence-electron chi connectivity index (χ0n) is 30.8. The third-order valence-corrected chi connectivity index (χ3v) is 11.6. The van der Waals surface area contributed by atoms with E-state index in [1.54, 1.807) is 30.1 Å². The number of alkyl carbamates (subject to hydrolysis) is 1. The molecule has 4 aromatic rings. The molecule has 2 fully saturated rings. The van der Waals surface area contributed by atoms with Crippen LogP contribution >= 0.6 is 11.6 Å². The Morgan fingerprint density at radius 2 is 1.76 bits per heavy atom. The summed E-state index contributed by atoms with van der Waals surface area (Å²) in [5, 5.41) is 19.8. The SMILES string of the molecule is Cn1c(N2[C@@H]3CC[C@H]2CC(NC(=O)OC(C)(C)C)C3)nc2c(c(-c3ccc4nn(CC(C)(C)O)cc4c3Cl)cn2COCC[Si](C)(C)C)c1=O. The van der Waals surface area contributed by atoms with Gasteiger partial charge in [-0.3, -0.25) is 14.0 Å². The van der Waals surface area contributed by atoms with Crippen molar-refractivity contribution in [1.82, 2.24) is 29.2 Å². The van der Waals surface area contributed by atoms with Gasteiger partial charge in [0.2, 0.25) is 5.95 Å². The molecule has 2 saturated heterocycles. The number of aliphatic hydroxyl groups is 1. The fraction of sp³-hybridized carbons (Fsp3) is 0.611. The van der Waals surface area contributed by atoms with E-state index >= 15 is 0 Å². The van der Waals surface area contributed by atoms with Gasteiger partial charge in [0.1, 0.15) is 12.3 Å². The fourth-order valence-electron chi connectivity index (χ4n) is 7.27. The first-order valence-electron chi connectivity index (χ1n) is 17.6. The van der Waals surface area contributed by atoms with Crippen LogP contribution < -0.4 is 15.8 Å². The first-order chi connectivity index (χ1) is 23.3. The van der Waals surface area contributed by atoms with Gasteiger partial charge in [0, 0.05) is 68.8 Å². The van der Waals surface area contributed by atoms with Crippen LogP contribution in [-0.2, 0) is 29.8 Å². The molecule has 1 aromatic carbocycles. The third-order valence-electron chi connectivity index (χ3n) is 9.50. The zero-order chi connectivity index (χ0) is 36.3. The van der Waals surface area contributed by atoms with Crippen LogP contribution in [0.1, 0.15) is 60.3 Å². The van der Waals surface area contributed by atoms with Gasteiger partial charge in [-0.15, -0.1) is 0 Å². The molecule has 3 aromatic heterocycles. The van der Waals surface area contributed by atoms with Gasteiger partial charge >= 0.3 is 6.09 Å². The number of nitrogens with zero attached hydrogens (tertiary/aromatic N) is 6.